The molecule has 3 heterocycles. The first-order valence-electron chi connectivity index (χ1n) is 13.7. The molecule has 0 aliphatic carbocycles. The molecule has 2 aromatic heterocycles. The molecular formula is C31H31F4N5O2. The molecule has 1 saturated heterocycles. The van der Waals surface area contributed by atoms with E-state index in [1.165, 1.54) is 30.5 Å². The number of piperazine rings is 1. The van der Waals surface area contributed by atoms with Gasteiger partial charge < -0.3 is 9.67 Å². The Morgan fingerprint density at radius 2 is 1.52 bits per heavy atom. The third-order valence-corrected chi connectivity index (χ3v) is 7.37. The predicted octanol–water partition coefficient (Wildman–Crippen LogP) is 4.84. The molecule has 4 aromatic rings. The molecule has 0 spiro atoms. The van der Waals surface area contributed by atoms with Crippen LogP contribution < -0.4 is 0 Å². The summed E-state index contributed by atoms with van der Waals surface area (Å²) < 4.78 is 53.9. The van der Waals surface area contributed by atoms with Crippen LogP contribution in [0.4, 0.5) is 17.6 Å². The minimum absolute atomic E-state index is 0.293. The van der Waals surface area contributed by atoms with Crippen molar-refractivity contribution >= 4 is 5.78 Å². The summed E-state index contributed by atoms with van der Waals surface area (Å²) in [6, 6.07) is 14.8. The van der Waals surface area contributed by atoms with Gasteiger partial charge in [0.1, 0.15) is 18.1 Å². The zero-order valence-electron chi connectivity index (χ0n) is 22.9. The van der Waals surface area contributed by atoms with Crippen LogP contribution in [0.5, 0.6) is 0 Å². The maximum atomic E-state index is 13.4. The van der Waals surface area contributed by atoms with E-state index in [-0.39, 0.29) is 5.82 Å². The molecule has 1 aliphatic heterocycles. The highest BCUT2D eigenvalue weighted by molar-refractivity contribution is 5.97. The number of hydrogen-bond acceptors (Lipinski definition) is 6. The van der Waals surface area contributed by atoms with E-state index < -0.39 is 24.1 Å². The molecule has 42 heavy (non-hydrogen) atoms. The van der Waals surface area contributed by atoms with Gasteiger partial charge in [0.15, 0.2) is 11.6 Å². The van der Waals surface area contributed by atoms with Crippen LogP contribution in [0.25, 0.3) is 11.5 Å². The lowest BCUT2D eigenvalue weighted by Gasteiger charge is -2.34. The minimum Gasteiger partial charge on any atom is -0.388 e. The van der Waals surface area contributed by atoms with Crippen molar-refractivity contribution in [2.24, 2.45) is 0 Å². The number of aryl methyl sites for hydroxylation is 2. The number of aromatic nitrogens is 3. The van der Waals surface area contributed by atoms with Crippen LogP contribution in [-0.2, 0) is 32.2 Å². The van der Waals surface area contributed by atoms with Crippen LogP contribution in [-0.4, -0.2) is 68.0 Å². The molecule has 7 nitrogen and oxygen atoms in total. The Bertz CT molecular complexity index is 1500. The summed E-state index contributed by atoms with van der Waals surface area (Å²) in [4.78, 5) is 25.9. The van der Waals surface area contributed by atoms with Crippen LogP contribution in [0.15, 0.2) is 73.1 Å². The summed E-state index contributed by atoms with van der Waals surface area (Å²) >= 11 is 0. The lowest BCUT2D eigenvalue weighted by atomic mass is 10.1. The van der Waals surface area contributed by atoms with Crippen LogP contribution in [0.1, 0.15) is 32.7 Å². The van der Waals surface area contributed by atoms with Gasteiger partial charge in [-0.05, 0) is 53.9 Å². The topological polar surface area (TPSA) is 74.5 Å². The van der Waals surface area contributed by atoms with E-state index in [1.807, 2.05) is 10.8 Å². The van der Waals surface area contributed by atoms with Gasteiger partial charge in [0, 0.05) is 63.8 Å². The second-order valence-corrected chi connectivity index (χ2v) is 10.4. The van der Waals surface area contributed by atoms with Crippen molar-refractivity contribution in [1.29, 1.82) is 0 Å². The fourth-order valence-corrected chi connectivity index (χ4v) is 5.03. The average molecular weight is 582 g/mol. The molecule has 1 fully saturated rings. The van der Waals surface area contributed by atoms with Gasteiger partial charge in [0.05, 0.1) is 11.3 Å². The van der Waals surface area contributed by atoms with E-state index in [2.05, 4.69) is 14.8 Å². The number of hydrogen-bond donors (Lipinski definition) is 1. The Labute approximate surface area is 241 Å². The molecule has 0 unspecified atom stereocenters. The molecule has 1 N–H and O–H groups in total. The van der Waals surface area contributed by atoms with Crippen molar-refractivity contribution in [3.63, 3.8) is 0 Å². The predicted molar refractivity (Wildman–Crippen MR) is 149 cm³/mol. The summed E-state index contributed by atoms with van der Waals surface area (Å²) in [5.41, 5.74) is 2.87. The van der Waals surface area contributed by atoms with E-state index in [1.54, 1.807) is 24.3 Å². The second-order valence-electron chi connectivity index (χ2n) is 10.4. The van der Waals surface area contributed by atoms with E-state index in [9.17, 15) is 27.5 Å². The Morgan fingerprint density at radius 3 is 2.17 bits per heavy atom. The monoisotopic (exact) mass is 581 g/mol. The summed E-state index contributed by atoms with van der Waals surface area (Å²) in [5, 5.41) is 9.29. The van der Waals surface area contributed by atoms with Crippen molar-refractivity contribution in [1.82, 2.24) is 24.3 Å². The molecule has 0 radical (unpaired) electrons. The maximum Gasteiger partial charge on any atom is 0.416 e. The quantitative estimate of drug-likeness (QED) is 0.214. The van der Waals surface area contributed by atoms with Gasteiger partial charge >= 0.3 is 6.18 Å². The number of rotatable bonds is 10. The number of benzene rings is 2. The van der Waals surface area contributed by atoms with Crippen molar-refractivity contribution in [3.05, 3.63) is 107 Å². The van der Waals surface area contributed by atoms with Crippen molar-refractivity contribution in [2.75, 3.05) is 32.8 Å². The molecule has 220 valence electrons. The smallest absolute Gasteiger partial charge is 0.388 e. The number of ketones is 1. The standard InChI is InChI=1S/C31H31F4N5O2/c32-26-7-3-22(4-8-26)10-12-40-20-27(37-30(40)28-17-24(9-11-36-28)29(42)21-41)19-39-15-13-38(14-16-39)18-23-1-5-25(6-2-23)31(33,34)35/h1-9,11,17,20,41H,10,12-16,18-19,21H2. The number of alkyl halides is 3. The lowest BCUT2D eigenvalue weighted by molar-refractivity contribution is -0.137. The van der Waals surface area contributed by atoms with Gasteiger partial charge in [-0.3, -0.25) is 19.6 Å². The first kappa shape index (κ1) is 29.6. The van der Waals surface area contributed by atoms with Gasteiger partial charge in [-0.25, -0.2) is 9.37 Å². The van der Waals surface area contributed by atoms with Crippen molar-refractivity contribution < 1.29 is 27.5 Å². The highest BCUT2D eigenvalue weighted by Crippen LogP contribution is 2.29. The average Bonchev–Trinajstić information content (AvgIpc) is 3.40. The second kappa shape index (κ2) is 12.9. The molecule has 5 rings (SSSR count). The Balaban J connectivity index is 1.26. The van der Waals surface area contributed by atoms with E-state index in [4.69, 9.17) is 4.98 Å². The number of aliphatic hydroxyl groups excluding tert-OH is 1. The Hall–Kier alpha value is -3.93. The number of carbonyl (C=O) groups is 1. The highest BCUT2D eigenvalue weighted by Gasteiger charge is 2.30. The highest BCUT2D eigenvalue weighted by atomic mass is 19.4. The molecule has 0 bridgehead atoms. The van der Waals surface area contributed by atoms with Crippen molar-refractivity contribution in [3.8, 4) is 11.5 Å². The fourth-order valence-electron chi connectivity index (χ4n) is 5.03. The number of pyridine rings is 1. The third kappa shape index (κ3) is 7.47. The Kier molecular flexibility index (Phi) is 9.10. The van der Waals surface area contributed by atoms with Crippen molar-refractivity contribution in [2.45, 2.75) is 32.2 Å². The molecule has 0 atom stereocenters. The number of nitrogens with zero attached hydrogens (tertiary/aromatic N) is 5. The van der Waals surface area contributed by atoms with Gasteiger partial charge in [-0.2, -0.15) is 13.2 Å². The molecule has 1 aliphatic rings. The molecule has 0 saturated carbocycles. The SMILES string of the molecule is O=C(CO)c1ccnc(-c2nc(CN3CCN(Cc4ccc(C(F)(F)F)cc4)CC3)cn2CCc2ccc(F)cc2)c1. The first-order valence-corrected chi connectivity index (χ1v) is 13.7. The Morgan fingerprint density at radius 1 is 0.881 bits per heavy atom. The first-order chi connectivity index (χ1) is 20.2. The fraction of sp³-hybridized carbons (Fsp3) is 0.323. The number of carbonyl (C=O) groups excluding carboxylic acids is 1. The number of halogens is 4. The van der Waals surface area contributed by atoms with Gasteiger partial charge in [-0.1, -0.05) is 24.3 Å². The van der Waals surface area contributed by atoms with Crippen LogP contribution in [0.3, 0.4) is 0 Å². The summed E-state index contributed by atoms with van der Waals surface area (Å²) in [7, 11) is 0. The molecule has 11 heteroatoms. The summed E-state index contributed by atoms with van der Waals surface area (Å²) in [6.45, 7) is 4.24. The number of imidazole rings is 1. The third-order valence-electron chi connectivity index (χ3n) is 7.37. The molecule has 2 aromatic carbocycles. The number of aliphatic hydroxyl groups is 1. The van der Waals surface area contributed by atoms with E-state index in [0.29, 0.717) is 43.1 Å². The van der Waals surface area contributed by atoms with E-state index >= 15 is 0 Å². The minimum atomic E-state index is -4.34. The lowest BCUT2D eigenvalue weighted by Crippen LogP contribution is -2.45. The van der Waals surface area contributed by atoms with Gasteiger partial charge in [0.25, 0.3) is 0 Å². The van der Waals surface area contributed by atoms with Crippen LogP contribution in [0.2, 0.25) is 0 Å². The maximum absolute atomic E-state index is 13.4. The van der Waals surface area contributed by atoms with Crippen LogP contribution in [0, 0.1) is 5.82 Å². The number of Topliss-reactive ketones (excluding diaryl/α,β-unsaturated/α-hetero) is 1. The van der Waals surface area contributed by atoms with E-state index in [0.717, 1.165) is 55.1 Å². The summed E-state index contributed by atoms with van der Waals surface area (Å²) in [6.07, 6.45) is -0.211. The van der Waals surface area contributed by atoms with Gasteiger partial charge in [-0.15, -0.1) is 0 Å². The summed E-state index contributed by atoms with van der Waals surface area (Å²) in [5.74, 6) is -0.100. The zero-order chi connectivity index (χ0) is 29.7. The normalized spacial score (nSPS) is 14.8. The molecule has 0 amide bonds. The zero-order valence-corrected chi connectivity index (χ0v) is 22.9. The van der Waals surface area contributed by atoms with Gasteiger partial charge in [0.2, 0.25) is 0 Å². The molecular weight excluding hydrogens is 550 g/mol. The van der Waals surface area contributed by atoms with Crippen LogP contribution >= 0.6 is 0 Å². The largest absolute Gasteiger partial charge is 0.416 e.